The molecule has 3 atom stereocenters. The SMILES string of the molecule is NC(N)=NCCCC(NC(=O)C1CCCN1C(=O)C(N)Cc1ccccc1)C(=O)Nc1ccc([N+](=O)[O-])cc1. The van der Waals surface area contributed by atoms with Crippen molar-refractivity contribution in [2.75, 3.05) is 18.4 Å². The molecule has 0 saturated carbocycles. The van der Waals surface area contributed by atoms with E-state index in [1.54, 1.807) is 0 Å². The maximum absolute atomic E-state index is 13.3. The number of nitrogens with one attached hydrogen (secondary N) is 2. The number of likely N-dealkylation sites (tertiary alicyclic amines) is 1. The minimum absolute atomic E-state index is 0.0853. The number of nitro benzene ring substituents is 1. The predicted octanol–water partition coefficient (Wildman–Crippen LogP) is 0.633. The Morgan fingerprint density at radius 3 is 2.44 bits per heavy atom. The molecule has 2 aromatic rings. The van der Waals surface area contributed by atoms with Crippen LogP contribution in [0.15, 0.2) is 59.6 Å². The first-order valence-corrected chi connectivity index (χ1v) is 12.7. The number of carbonyl (C=O) groups excluding carboxylic acids is 3. The van der Waals surface area contributed by atoms with Gasteiger partial charge in [0.1, 0.15) is 12.1 Å². The summed E-state index contributed by atoms with van der Waals surface area (Å²) in [6.45, 7) is 0.644. The van der Waals surface area contributed by atoms with Crippen LogP contribution in [-0.2, 0) is 20.8 Å². The van der Waals surface area contributed by atoms with E-state index in [1.165, 1.54) is 29.2 Å². The van der Waals surface area contributed by atoms with Crippen molar-refractivity contribution in [2.24, 2.45) is 22.2 Å². The minimum Gasteiger partial charge on any atom is -0.370 e. The smallest absolute Gasteiger partial charge is 0.269 e. The van der Waals surface area contributed by atoms with Crippen LogP contribution >= 0.6 is 0 Å². The number of hydrogen-bond donors (Lipinski definition) is 5. The lowest BCUT2D eigenvalue weighted by Crippen LogP contribution is -2.54. The van der Waals surface area contributed by atoms with E-state index in [2.05, 4.69) is 15.6 Å². The van der Waals surface area contributed by atoms with Gasteiger partial charge in [-0.3, -0.25) is 29.5 Å². The number of nitrogens with two attached hydrogens (primary N) is 3. The fraction of sp³-hybridized carbons (Fsp3) is 0.385. The molecule has 0 radical (unpaired) electrons. The molecule has 0 spiro atoms. The van der Waals surface area contributed by atoms with Gasteiger partial charge < -0.3 is 32.7 Å². The zero-order chi connectivity index (χ0) is 28.4. The number of rotatable bonds is 12. The van der Waals surface area contributed by atoms with Gasteiger partial charge in [-0.1, -0.05) is 30.3 Å². The van der Waals surface area contributed by atoms with E-state index in [9.17, 15) is 24.5 Å². The number of amides is 3. The summed E-state index contributed by atoms with van der Waals surface area (Å²) in [7, 11) is 0. The Hall–Kier alpha value is -4.52. The van der Waals surface area contributed by atoms with Crippen molar-refractivity contribution in [1.82, 2.24) is 10.2 Å². The van der Waals surface area contributed by atoms with Crippen molar-refractivity contribution in [3.63, 3.8) is 0 Å². The molecule has 2 aromatic carbocycles. The quantitative estimate of drug-likeness (QED) is 0.0848. The van der Waals surface area contributed by atoms with Crippen molar-refractivity contribution in [3.05, 3.63) is 70.3 Å². The van der Waals surface area contributed by atoms with E-state index in [0.717, 1.165) is 5.56 Å². The molecule has 39 heavy (non-hydrogen) atoms. The average molecular weight is 539 g/mol. The molecule has 0 aromatic heterocycles. The van der Waals surface area contributed by atoms with E-state index < -0.39 is 34.9 Å². The van der Waals surface area contributed by atoms with Crippen LogP contribution in [0.4, 0.5) is 11.4 Å². The Balaban J connectivity index is 1.67. The summed E-state index contributed by atoms with van der Waals surface area (Å²) in [5, 5.41) is 16.3. The van der Waals surface area contributed by atoms with Gasteiger partial charge in [0.05, 0.1) is 11.0 Å². The monoisotopic (exact) mass is 538 g/mol. The highest BCUT2D eigenvalue weighted by atomic mass is 16.6. The van der Waals surface area contributed by atoms with Crippen LogP contribution in [-0.4, -0.2) is 64.7 Å². The van der Waals surface area contributed by atoms with Crippen molar-refractivity contribution >= 4 is 35.1 Å². The van der Waals surface area contributed by atoms with Gasteiger partial charge in [0, 0.05) is 30.9 Å². The van der Waals surface area contributed by atoms with Crippen LogP contribution in [0, 0.1) is 10.1 Å². The zero-order valence-corrected chi connectivity index (χ0v) is 21.5. The standard InChI is InChI=1S/C26H34N8O5/c27-20(16-17-6-2-1-3-7-17)25(37)33-15-5-9-22(33)24(36)32-21(8-4-14-30-26(28)29)23(35)31-18-10-12-19(13-11-18)34(38)39/h1-3,6-7,10-13,20-22H,4-5,8-9,14-16,27H2,(H,31,35)(H,32,36)(H4,28,29,30). The first-order chi connectivity index (χ1) is 18.7. The third kappa shape index (κ3) is 8.50. The molecule has 0 bridgehead atoms. The number of nitrogens with zero attached hydrogens (tertiary/aromatic N) is 3. The van der Waals surface area contributed by atoms with Crippen LogP contribution in [0.3, 0.4) is 0 Å². The number of anilines is 1. The zero-order valence-electron chi connectivity index (χ0n) is 21.5. The summed E-state index contributed by atoms with van der Waals surface area (Å²) in [4.78, 5) is 55.3. The van der Waals surface area contributed by atoms with Crippen molar-refractivity contribution in [2.45, 2.75) is 50.2 Å². The summed E-state index contributed by atoms with van der Waals surface area (Å²) in [5.74, 6) is -1.38. The number of non-ortho nitro benzene ring substituents is 1. The van der Waals surface area contributed by atoms with E-state index >= 15 is 0 Å². The second-order valence-electron chi connectivity index (χ2n) is 9.29. The average Bonchev–Trinajstić information content (AvgIpc) is 3.40. The van der Waals surface area contributed by atoms with Gasteiger partial charge in [0.25, 0.3) is 5.69 Å². The highest BCUT2D eigenvalue weighted by Crippen LogP contribution is 2.20. The molecule has 13 nitrogen and oxygen atoms in total. The van der Waals surface area contributed by atoms with E-state index in [0.29, 0.717) is 37.9 Å². The molecule has 1 fully saturated rings. The molecule has 8 N–H and O–H groups in total. The van der Waals surface area contributed by atoms with Gasteiger partial charge in [-0.2, -0.15) is 0 Å². The number of benzene rings is 2. The number of aliphatic imine (C=N–C) groups is 1. The number of hydrogen-bond acceptors (Lipinski definition) is 7. The lowest BCUT2D eigenvalue weighted by Gasteiger charge is -2.28. The van der Waals surface area contributed by atoms with Crippen LogP contribution in [0.25, 0.3) is 0 Å². The van der Waals surface area contributed by atoms with Crippen LogP contribution in [0.1, 0.15) is 31.2 Å². The summed E-state index contributed by atoms with van der Waals surface area (Å²) >= 11 is 0. The second kappa shape index (κ2) is 13.9. The third-order valence-electron chi connectivity index (χ3n) is 6.38. The molecule has 1 aliphatic rings. The van der Waals surface area contributed by atoms with Crippen molar-refractivity contribution in [3.8, 4) is 0 Å². The Morgan fingerprint density at radius 1 is 1.10 bits per heavy atom. The maximum Gasteiger partial charge on any atom is 0.269 e. The lowest BCUT2D eigenvalue weighted by atomic mass is 10.0. The molecule has 3 amide bonds. The number of guanidine groups is 1. The molecule has 1 saturated heterocycles. The number of nitro groups is 1. The molecule has 0 aliphatic carbocycles. The van der Waals surface area contributed by atoms with Gasteiger partial charge in [0.2, 0.25) is 17.7 Å². The minimum atomic E-state index is -0.961. The molecule has 13 heteroatoms. The molecule has 1 aliphatic heterocycles. The van der Waals surface area contributed by atoms with Gasteiger partial charge in [-0.25, -0.2) is 0 Å². The Bertz CT molecular complexity index is 1180. The Kier molecular flexibility index (Phi) is 10.3. The van der Waals surface area contributed by atoms with Crippen molar-refractivity contribution in [1.29, 1.82) is 0 Å². The van der Waals surface area contributed by atoms with Crippen LogP contribution in [0.5, 0.6) is 0 Å². The first kappa shape index (κ1) is 29.0. The topological polar surface area (TPSA) is 212 Å². The van der Waals surface area contributed by atoms with Gasteiger partial charge >= 0.3 is 0 Å². The van der Waals surface area contributed by atoms with Crippen LogP contribution < -0.4 is 27.8 Å². The summed E-state index contributed by atoms with van der Waals surface area (Å²) in [6.07, 6.45) is 2.03. The van der Waals surface area contributed by atoms with Gasteiger partial charge in [-0.15, -0.1) is 0 Å². The van der Waals surface area contributed by atoms with E-state index in [4.69, 9.17) is 17.2 Å². The molecule has 3 rings (SSSR count). The van der Waals surface area contributed by atoms with E-state index in [-0.39, 0.29) is 30.5 Å². The highest BCUT2D eigenvalue weighted by molar-refractivity contribution is 5.98. The molecule has 1 heterocycles. The van der Waals surface area contributed by atoms with Crippen molar-refractivity contribution < 1.29 is 19.3 Å². The Labute approximate surface area is 226 Å². The van der Waals surface area contributed by atoms with Crippen LogP contribution in [0.2, 0.25) is 0 Å². The normalized spacial score (nSPS) is 16.1. The first-order valence-electron chi connectivity index (χ1n) is 12.7. The number of carbonyl (C=O) groups is 3. The maximum atomic E-state index is 13.3. The predicted molar refractivity (Wildman–Crippen MR) is 146 cm³/mol. The fourth-order valence-electron chi connectivity index (χ4n) is 4.41. The summed E-state index contributed by atoms with van der Waals surface area (Å²) < 4.78 is 0. The van der Waals surface area contributed by atoms with Gasteiger partial charge in [0.15, 0.2) is 5.96 Å². The largest absolute Gasteiger partial charge is 0.370 e. The Morgan fingerprint density at radius 2 is 1.79 bits per heavy atom. The second-order valence-corrected chi connectivity index (χ2v) is 9.29. The molecule has 3 unspecified atom stereocenters. The molecule has 208 valence electrons. The van der Waals surface area contributed by atoms with E-state index in [1.807, 2.05) is 30.3 Å². The summed E-state index contributed by atoms with van der Waals surface area (Å²) in [5.41, 5.74) is 18.1. The van der Waals surface area contributed by atoms with Gasteiger partial charge in [-0.05, 0) is 49.8 Å². The molecular weight excluding hydrogens is 504 g/mol. The highest BCUT2D eigenvalue weighted by Gasteiger charge is 2.37. The molecular formula is C26H34N8O5. The third-order valence-corrected chi connectivity index (χ3v) is 6.38. The lowest BCUT2D eigenvalue weighted by molar-refractivity contribution is -0.384. The fourth-order valence-corrected chi connectivity index (χ4v) is 4.41. The summed E-state index contributed by atoms with van der Waals surface area (Å²) in [6, 6.07) is 12.2.